The van der Waals surface area contributed by atoms with Crippen molar-refractivity contribution < 1.29 is 0 Å². The Balaban J connectivity index is 2.25. The molecule has 0 saturated carbocycles. The fraction of sp³-hybridized carbons (Fsp3) is 0.417. The van der Waals surface area contributed by atoms with Gasteiger partial charge in [0.2, 0.25) is 0 Å². The van der Waals surface area contributed by atoms with E-state index in [1.807, 2.05) is 24.7 Å². The summed E-state index contributed by atoms with van der Waals surface area (Å²) in [6.07, 6.45) is 1.86. The summed E-state index contributed by atoms with van der Waals surface area (Å²) in [6, 6.07) is 3.83. The number of nitrogen functional groups attached to an aromatic ring is 1. The van der Waals surface area contributed by atoms with Gasteiger partial charge >= 0.3 is 0 Å². The fourth-order valence-corrected chi connectivity index (χ4v) is 2.62. The molecule has 18 heavy (non-hydrogen) atoms. The summed E-state index contributed by atoms with van der Waals surface area (Å²) >= 11 is 1.56. The van der Waals surface area contributed by atoms with Crippen molar-refractivity contribution in [1.29, 1.82) is 0 Å². The molecular formula is C12H17N5S. The fourth-order valence-electron chi connectivity index (χ4n) is 1.67. The molecule has 5 nitrogen and oxygen atoms in total. The molecule has 0 aliphatic rings. The zero-order valence-electron chi connectivity index (χ0n) is 10.8. The van der Waals surface area contributed by atoms with Crippen molar-refractivity contribution >= 4 is 17.6 Å². The van der Waals surface area contributed by atoms with Crippen LogP contribution in [-0.2, 0) is 13.5 Å². The summed E-state index contributed by atoms with van der Waals surface area (Å²) in [5, 5.41) is 6.23. The summed E-state index contributed by atoms with van der Waals surface area (Å²) in [5.74, 6) is 1.33. The average Bonchev–Trinajstić information content (AvgIpc) is 2.57. The van der Waals surface area contributed by atoms with Crippen LogP contribution in [0.15, 0.2) is 22.2 Å². The molecule has 0 atom stereocenters. The molecule has 0 fully saturated rings. The van der Waals surface area contributed by atoms with E-state index in [-0.39, 0.29) is 0 Å². The van der Waals surface area contributed by atoms with E-state index in [4.69, 9.17) is 5.73 Å². The van der Waals surface area contributed by atoms with Crippen LogP contribution in [0, 0.1) is 6.92 Å². The molecule has 96 valence electrons. The summed E-state index contributed by atoms with van der Waals surface area (Å²) in [4.78, 5) is 8.72. The van der Waals surface area contributed by atoms with Gasteiger partial charge in [0.05, 0.1) is 5.69 Å². The second kappa shape index (κ2) is 5.39. The zero-order valence-corrected chi connectivity index (χ0v) is 11.7. The van der Waals surface area contributed by atoms with Crippen LogP contribution >= 0.6 is 11.8 Å². The van der Waals surface area contributed by atoms with Crippen LogP contribution < -0.4 is 5.73 Å². The van der Waals surface area contributed by atoms with Gasteiger partial charge in [-0.25, -0.2) is 9.97 Å². The Hall–Kier alpha value is -1.56. The van der Waals surface area contributed by atoms with Crippen LogP contribution in [0.3, 0.4) is 0 Å². The number of aromatic nitrogens is 4. The Bertz CT molecular complexity index is 549. The first-order valence-corrected chi connectivity index (χ1v) is 6.72. The van der Waals surface area contributed by atoms with Gasteiger partial charge in [-0.1, -0.05) is 18.7 Å². The third kappa shape index (κ3) is 3.01. The van der Waals surface area contributed by atoms with Crippen LogP contribution in [-0.4, -0.2) is 19.7 Å². The van der Waals surface area contributed by atoms with E-state index in [1.165, 1.54) is 0 Å². The first-order chi connectivity index (χ1) is 8.58. The van der Waals surface area contributed by atoms with Gasteiger partial charge in [0.1, 0.15) is 21.7 Å². The summed E-state index contributed by atoms with van der Waals surface area (Å²) in [6.45, 7) is 4.07. The van der Waals surface area contributed by atoms with Crippen molar-refractivity contribution in [2.75, 3.05) is 5.73 Å². The number of rotatable bonds is 4. The minimum Gasteiger partial charge on any atom is -0.384 e. The molecule has 0 bridgehead atoms. The second-order valence-electron chi connectivity index (χ2n) is 4.15. The first kappa shape index (κ1) is 12.9. The smallest absolute Gasteiger partial charge is 0.132 e. The van der Waals surface area contributed by atoms with Gasteiger partial charge in [-0.05, 0) is 19.4 Å². The maximum Gasteiger partial charge on any atom is 0.132 e. The van der Waals surface area contributed by atoms with Gasteiger partial charge in [-0.15, -0.1) is 0 Å². The quantitative estimate of drug-likeness (QED) is 0.856. The van der Waals surface area contributed by atoms with Crippen molar-refractivity contribution in [2.24, 2.45) is 7.05 Å². The van der Waals surface area contributed by atoms with Crippen LogP contribution in [0.4, 0.5) is 5.82 Å². The van der Waals surface area contributed by atoms with Crippen LogP contribution in [0.1, 0.15) is 24.9 Å². The van der Waals surface area contributed by atoms with E-state index in [1.54, 1.807) is 17.8 Å². The summed E-state index contributed by atoms with van der Waals surface area (Å²) < 4.78 is 1.85. The Morgan fingerprint density at radius 2 is 2.11 bits per heavy atom. The van der Waals surface area contributed by atoms with Gasteiger partial charge in [0, 0.05) is 19.5 Å². The Morgan fingerprint density at radius 1 is 1.33 bits per heavy atom. The largest absolute Gasteiger partial charge is 0.384 e. The number of nitrogens with zero attached hydrogens (tertiary/aromatic N) is 4. The van der Waals surface area contributed by atoms with E-state index >= 15 is 0 Å². The van der Waals surface area contributed by atoms with E-state index < -0.39 is 0 Å². The van der Waals surface area contributed by atoms with Crippen LogP contribution in [0.25, 0.3) is 0 Å². The number of anilines is 1. The molecule has 0 aliphatic heterocycles. The lowest BCUT2D eigenvalue weighted by molar-refractivity contribution is 0.691. The highest BCUT2D eigenvalue weighted by Crippen LogP contribution is 2.27. The van der Waals surface area contributed by atoms with Crippen molar-refractivity contribution in [3.05, 3.63) is 23.7 Å². The van der Waals surface area contributed by atoms with Crippen LogP contribution in [0.5, 0.6) is 0 Å². The van der Waals surface area contributed by atoms with E-state index in [0.29, 0.717) is 5.82 Å². The predicted molar refractivity (Wildman–Crippen MR) is 72.5 cm³/mol. The van der Waals surface area contributed by atoms with Crippen molar-refractivity contribution in [3.8, 4) is 0 Å². The SMILES string of the molecule is CCCc1nc(N)cc(Sc2cc(C)nn2C)n1. The highest BCUT2D eigenvalue weighted by molar-refractivity contribution is 7.99. The van der Waals surface area contributed by atoms with Crippen molar-refractivity contribution in [2.45, 2.75) is 36.7 Å². The molecule has 0 amide bonds. The first-order valence-electron chi connectivity index (χ1n) is 5.90. The third-order valence-electron chi connectivity index (χ3n) is 2.41. The third-order valence-corrected chi connectivity index (χ3v) is 3.42. The standard InChI is InChI=1S/C12H17N5S/c1-4-5-10-14-9(13)7-11(15-10)18-12-6-8(2)16-17(12)3/h6-7H,4-5H2,1-3H3,(H2,13,14,15). The van der Waals surface area contributed by atoms with Gasteiger partial charge < -0.3 is 5.73 Å². The lowest BCUT2D eigenvalue weighted by Gasteiger charge is -2.04. The van der Waals surface area contributed by atoms with Gasteiger partial charge in [0.25, 0.3) is 0 Å². The van der Waals surface area contributed by atoms with E-state index in [2.05, 4.69) is 22.0 Å². The van der Waals surface area contributed by atoms with Crippen LogP contribution in [0.2, 0.25) is 0 Å². The summed E-state index contributed by atoms with van der Waals surface area (Å²) in [7, 11) is 1.92. The van der Waals surface area contributed by atoms with Crippen molar-refractivity contribution in [3.63, 3.8) is 0 Å². The molecule has 0 unspecified atom stereocenters. The molecule has 2 aromatic rings. The molecule has 0 aromatic carbocycles. The molecule has 2 rings (SSSR count). The van der Waals surface area contributed by atoms with Gasteiger partial charge in [-0.3, -0.25) is 4.68 Å². The predicted octanol–water partition coefficient (Wildman–Crippen LogP) is 2.20. The number of aryl methyl sites for hydroxylation is 3. The number of hydrogen-bond donors (Lipinski definition) is 1. The zero-order chi connectivity index (χ0) is 13.1. The highest BCUT2D eigenvalue weighted by atomic mass is 32.2. The molecule has 2 N–H and O–H groups in total. The number of nitrogens with two attached hydrogens (primary N) is 1. The molecule has 0 spiro atoms. The summed E-state index contributed by atoms with van der Waals surface area (Å²) in [5.41, 5.74) is 6.80. The molecule has 0 radical (unpaired) electrons. The minimum absolute atomic E-state index is 0.523. The highest BCUT2D eigenvalue weighted by Gasteiger charge is 2.08. The lowest BCUT2D eigenvalue weighted by Crippen LogP contribution is -2.01. The Morgan fingerprint density at radius 3 is 2.72 bits per heavy atom. The molecule has 0 saturated heterocycles. The van der Waals surface area contributed by atoms with Crippen molar-refractivity contribution in [1.82, 2.24) is 19.7 Å². The molecule has 6 heteroatoms. The molecular weight excluding hydrogens is 246 g/mol. The maximum atomic E-state index is 5.80. The second-order valence-corrected chi connectivity index (χ2v) is 5.19. The molecule has 2 heterocycles. The molecule has 2 aromatic heterocycles. The molecule has 0 aliphatic carbocycles. The maximum absolute atomic E-state index is 5.80. The van der Waals surface area contributed by atoms with Gasteiger partial charge in [0.15, 0.2) is 0 Å². The minimum atomic E-state index is 0.523. The van der Waals surface area contributed by atoms with Gasteiger partial charge in [-0.2, -0.15) is 5.10 Å². The number of hydrogen-bond acceptors (Lipinski definition) is 5. The Kier molecular flexibility index (Phi) is 3.86. The topological polar surface area (TPSA) is 69.6 Å². The lowest BCUT2D eigenvalue weighted by atomic mass is 10.3. The monoisotopic (exact) mass is 263 g/mol. The average molecular weight is 263 g/mol. The van der Waals surface area contributed by atoms with E-state index in [0.717, 1.165) is 34.4 Å². The Labute approximate surface area is 111 Å². The normalized spacial score (nSPS) is 10.8. The van der Waals surface area contributed by atoms with E-state index in [9.17, 15) is 0 Å².